The number of ether oxygens (including phenoxy) is 1. The van der Waals surface area contributed by atoms with Crippen molar-refractivity contribution in [3.8, 4) is 0 Å². The summed E-state index contributed by atoms with van der Waals surface area (Å²) >= 11 is 0. The summed E-state index contributed by atoms with van der Waals surface area (Å²) in [4.78, 5) is 25.0. The van der Waals surface area contributed by atoms with Crippen LogP contribution in [0.3, 0.4) is 0 Å². The normalized spacial score (nSPS) is 22.0. The monoisotopic (exact) mass is 396 g/mol. The van der Waals surface area contributed by atoms with Crippen molar-refractivity contribution in [1.82, 2.24) is 14.9 Å². The third-order valence-corrected chi connectivity index (χ3v) is 5.45. The van der Waals surface area contributed by atoms with Crippen molar-refractivity contribution in [2.75, 3.05) is 37.7 Å². The Labute approximate surface area is 170 Å². The lowest BCUT2D eigenvalue weighted by Gasteiger charge is -2.31. The average molecular weight is 396 g/mol. The van der Waals surface area contributed by atoms with Gasteiger partial charge in [0.25, 0.3) is 0 Å². The van der Waals surface area contributed by atoms with Gasteiger partial charge in [0, 0.05) is 31.6 Å². The number of rotatable bonds is 4. The number of carbonyl (C=O) groups excluding carboxylic acids is 1. The van der Waals surface area contributed by atoms with E-state index in [0.29, 0.717) is 50.8 Å². The first-order valence-corrected chi connectivity index (χ1v) is 10.0. The number of carbonyl (C=O) groups is 1. The summed E-state index contributed by atoms with van der Waals surface area (Å²) in [6.07, 6.45) is 5.37. The molecule has 0 unspecified atom stereocenters. The van der Waals surface area contributed by atoms with Crippen LogP contribution < -0.4 is 4.90 Å². The van der Waals surface area contributed by atoms with Gasteiger partial charge in [0.15, 0.2) is 11.6 Å². The summed E-state index contributed by atoms with van der Waals surface area (Å²) in [5.41, 5.74) is 1.39. The Hall–Kier alpha value is -2.80. The molecule has 0 N–H and O–H groups in total. The number of benzene rings is 1. The zero-order valence-corrected chi connectivity index (χ0v) is 16.5. The molecule has 2 bridgehead atoms. The summed E-state index contributed by atoms with van der Waals surface area (Å²) < 4.78 is 20.6. The van der Waals surface area contributed by atoms with E-state index in [-0.39, 0.29) is 23.7 Å². The Bertz CT molecular complexity index is 890. The minimum atomic E-state index is -0.363. The van der Waals surface area contributed by atoms with Crippen LogP contribution >= 0.6 is 0 Å². The van der Waals surface area contributed by atoms with E-state index in [1.165, 1.54) is 6.33 Å². The summed E-state index contributed by atoms with van der Waals surface area (Å²) in [6, 6.07) is 9.58. The third kappa shape index (κ3) is 4.29. The molecule has 0 saturated carbocycles. The van der Waals surface area contributed by atoms with E-state index in [2.05, 4.69) is 9.97 Å². The maximum absolute atomic E-state index is 14.8. The van der Waals surface area contributed by atoms with Gasteiger partial charge in [-0.05, 0) is 18.1 Å². The minimum Gasteiger partial charge on any atom is -0.379 e. The second-order valence-corrected chi connectivity index (χ2v) is 7.51. The fourth-order valence-corrected chi connectivity index (χ4v) is 3.98. The highest BCUT2D eigenvalue weighted by Crippen LogP contribution is 2.26. The van der Waals surface area contributed by atoms with Crippen molar-refractivity contribution < 1.29 is 13.9 Å². The molecular formula is C22H25FN4O2. The first-order chi connectivity index (χ1) is 14.2. The second-order valence-electron chi connectivity index (χ2n) is 7.51. The molecule has 2 atom stereocenters. The van der Waals surface area contributed by atoms with Crippen LogP contribution in [0.25, 0.3) is 6.08 Å². The minimum absolute atomic E-state index is 0.0476. The average Bonchev–Trinajstić information content (AvgIpc) is 3.04. The molecule has 2 aromatic rings. The van der Waals surface area contributed by atoms with Gasteiger partial charge in [0.1, 0.15) is 6.33 Å². The molecule has 3 heterocycles. The molecule has 1 amide bonds. The van der Waals surface area contributed by atoms with E-state index in [4.69, 9.17) is 4.74 Å². The van der Waals surface area contributed by atoms with E-state index in [0.717, 1.165) is 5.56 Å². The van der Waals surface area contributed by atoms with Crippen LogP contribution in [0, 0.1) is 11.7 Å². The second kappa shape index (κ2) is 8.69. The fourth-order valence-electron chi connectivity index (χ4n) is 3.98. The van der Waals surface area contributed by atoms with E-state index in [1.54, 1.807) is 6.08 Å². The van der Waals surface area contributed by atoms with Crippen molar-refractivity contribution in [1.29, 1.82) is 0 Å². The van der Waals surface area contributed by atoms with Crippen LogP contribution in [-0.2, 0) is 16.0 Å². The van der Waals surface area contributed by atoms with Gasteiger partial charge in [0.2, 0.25) is 5.91 Å². The van der Waals surface area contributed by atoms with E-state index < -0.39 is 0 Å². The molecule has 2 saturated heterocycles. The van der Waals surface area contributed by atoms with Crippen molar-refractivity contribution in [2.45, 2.75) is 19.4 Å². The van der Waals surface area contributed by atoms with Gasteiger partial charge in [-0.15, -0.1) is 0 Å². The fraction of sp³-hybridized carbons (Fsp3) is 0.409. The molecule has 6 nitrogen and oxygen atoms in total. The van der Waals surface area contributed by atoms with Crippen molar-refractivity contribution in [3.05, 3.63) is 59.8 Å². The van der Waals surface area contributed by atoms with E-state index in [9.17, 15) is 9.18 Å². The Morgan fingerprint density at radius 1 is 1.21 bits per heavy atom. The first kappa shape index (κ1) is 19.5. The number of anilines is 1. The van der Waals surface area contributed by atoms with Crippen molar-refractivity contribution in [3.63, 3.8) is 0 Å². The third-order valence-electron chi connectivity index (χ3n) is 5.45. The summed E-state index contributed by atoms with van der Waals surface area (Å²) in [7, 11) is 0. The van der Waals surface area contributed by atoms with Gasteiger partial charge in [-0.2, -0.15) is 0 Å². The number of nitrogens with zero attached hydrogens (tertiary/aromatic N) is 4. The number of amides is 1. The lowest BCUT2D eigenvalue weighted by Crippen LogP contribution is -2.46. The highest BCUT2D eigenvalue weighted by Gasteiger charge is 2.36. The number of halogens is 1. The van der Waals surface area contributed by atoms with E-state index in [1.807, 2.05) is 53.1 Å². The number of hydrogen-bond donors (Lipinski definition) is 0. The predicted molar refractivity (Wildman–Crippen MR) is 109 cm³/mol. The quantitative estimate of drug-likeness (QED) is 0.744. The standard InChI is InChI=1S/C22H25FN4O2/c1-2-19-21(23)22(25-15-24-19)26-10-17-11-27(18(12-26)14-29-13-17)20(28)9-8-16-6-4-3-5-7-16/h3-9,15,17-18H,2,10-14H2,1H3/t17-,18-/m0/s1. The zero-order chi connectivity index (χ0) is 20.2. The molecule has 152 valence electrons. The lowest BCUT2D eigenvalue weighted by atomic mass is 10.1. The van der Waals surface area contributed by atoms with Crippen molar-refractivity contribution in [2.24, 2.45) is 5.92 Å². The number of hydrogen-bond acceptors (Lipinski definition) is 5. The molecule has 4 rings (SSSR count). The van der Waals surface area contributed by atoms with Gasteiger partial charge in [-0.1, -0.05) is 37.3 Å². The van der Waals surface area contributed by atoms with Gasteiger partial charge < -0.3 is 14.5 Å². The molecule has 7 heteroatoms. The van der Waals surface area contributed by atoms with E-state index >= 15 is 0 Å². The van der Waals surface area contributed by atoms with Gasteiger partial charge in [-0.25, -0.2) is 14.4 Å². The maximum Gasteiger partial charge on any atom is 0.246 e. The molecule has 1 aromatic carbocycles. The zero-order valence-electron chi connectivity index (χ0n) is 16.5. The highest BCUT2D eigenvalue weighted by atomic mass is 19.1. The largest absolute Gasteiger partial charge is 0.379 e. The molecule has 2 fully saturated rings. The van der Waals surface area contributed by atoms with Crippen LogP contribution in [0.15, 0.2) is 42.7 Å². The summed E-state index contributed by atoms with van der Waals surface area (Å²) in [5, 5.41) is 0. The number of aromatic nitrogens is 2. The van der Waals surface area contributed by atoms with Crippen LogP contribution in [-0.4, -0.2) is 59.7 Å². The van der Waals surface area contributed by atoms with Gasteiger partial charge in [-0.3, -0.25) is 4.79 Å². The topological polar surface area (TPSA) is 58.6 Å². The lowest BCUT2D eigenvalue weighted by molar-refractivity contribution is -0.128. The number of fused-ring (bicyclic) bond motifs is 3. The molecule has 2 aliphatic rings. The molecular weight excluding hydrogens is 371 g/mol. The van der Waals surface area contributed by atoms with Crippen LogP contribution in [0.4, 0.5) is 10.2 Å². The first-order valence-electron chi connectivity index (χ1n) is 10.0. The molecule has 2 aliphatic heterocycles. The Morgan fingerprint density at radius 3 is 2.83 bits per heavy atom. The Balaban J connectivity index is 1.56. The number of aryl methyl sites for hydroxylation is 1. The molecule has 29 heavy (non-hydrogen) atoms. The van der Waals surface area contributed by atoms with Crippen LogP contribution in [0.5, 0.6) is 0 Å². The maximum atomic E-state index is 14.8. The van der Waals surface area contributed by atoms with Crippen LogP contribution in [0.2, 0.25) is 0 Å². The smallest absolute Gasteiger partial charge is 0.246 e. The Kier molecular flexibility index (Phi) is 5.85. The molecule has 1 aromatic heterocycles. The summed E-state index contributed by atoms with van der Waals surface area (Å²) in [5.74, 6) is 0.00486. The Morgan fingerprint density at radius 2 is 2.03 bits per heavy atom. The van der Waals surface area contributed by atoms with Gasteiger partial charge in [0.05, 0.1) is 24.9 Å². The SMILES string of the molecule is CCc1ncnc(N2C[C@@H]3COC[C@H](C2)N(C(=O)C=Cc2ccccc2)C3)c1F. The predicted octanol–water partition coefficient (Wildman–Crippen LogP) is 2.56. The summed E-state index contributed by atoms with van der Waals surface area (Å²) in [6.45, 7) is 4.53. The van der Waals surface area contributed by atoms with Gasteiger partial charge >= 0.3 is 0 Å². The molecule has 0 spiro atoms. The van der Waals surface area contributed by atoms with Crippen molar-refractivity contribution >= 4 is 17.8 Å². The van der Waals surface area contributed by atoms with Crippen LogP contribution in [0.1, 0.15) is 18.2 Å². The highest BCUT2D eigenvalue weighted by molar-refractivity contribution is 5.92. The molecule has 0 aliphatic carbocycles. The molecule has 0 radical (unpaired) electrons.